The largest absolute Gasteiger partial charge is 0.507 e. The number of ketones is 1. The lowest BCUT2D eigenvalue weighted by Gasteiger charge is -2.20. The monoisotopic (exact) mass is 479 g/mol. The Morgan fingerprint density at radius 1 is 1.00 bits per heavy atom. The second-order valence-electron chi connectivity index (χ2n) is 7.80. The number of carbonyl (C=O) groups excluding carboxylic acids is 3. The molecule has 1 aromatic heterocycles. The van der Waals surface area contributed by atoms with Gasteiger partial charge in [0.15, 0.2) is 17.3 Å². The van der Waals surface area contributed by atoms with Crippen molar-refractivity contribution in [3.05, 3.63) is 89.0 Å². The summed E-state index contributed by atoms with van der Waals surface area (Å²) in [6, 6.07) is 10.5. The number of carbonyl (C=O) groups is 3. The summed E-state index contributed by atoms with van der Waals surface area (Å²) in [5.74, 6) is -3.39. The molecule has 0 radical (unpaired) electrons. The topological polar surface area (TPSA) is 127 Å². The number of aromatic nitrogens is 1. The van der Waals surface area contributed by atoms with E-state index >= 15 is 0 Å². The van der Waals surface area contributed by atoms with Gasteiger partial charge < -0.3 is 25.2 Å². The van der Waals surface area contributed by atoms with Crippen molar-refractivity contribution < 1.29 is 33.4 Å². The number of benzene rings is 2. The Labute approximate surface area is 199 Å². The number of ether oxygens (including phenoxy) is 2. The number of hydrogen-bond acceptors (Lipinski definition) is 8. The van der Waals surface area contributed by atoms with Gasteiger partial charge in [0.25, 0.3) is 5.91 Å². The Bertz CT molecular complexity index is 1250. The lowest BCUT2D eigenvalue weighted by molar-refractivity contribution is 0.0283. The zero-order chi connectivity index (χ0) is 24.9. The third-order valence-corrected chi connectivity index (χ3v) is 5.59. The molecule has 0 aliphatic carbocycles. The van der Waals surface area contributed by atoms with Crippen molar-refractivity contribution in [3.8, 4) is 11.5 Å². The first-order valence-electron chi connectivity index (χ1n) is 10.7. The molecule has 2 atom stereocenters. The number of hydrogen-bond donors (Lipinski definition) is 3. The molecule has 2 heterocycles. The van der Waals surface area contributed by atoms with Crippen molar-refractivity contribution in [2.75, 3.05) is 20.2 Å². The van der Waals surface area contributed by atoms with Gasteiger partial charge in [0.1, 0.15) is 17.4 Å². The normalized spacial score (nSPS) is 17.0. The smallest absolute Gasteiger partial charge is 0.338 e. The van der Waals surface area contributed by atoms with E-state index in [-0.39, 0.29) is 22.8 Å². The maximum atomic E-state index is 14.5. The number of amides is 1. The van der Waals surface area contributed by atoms with E-state index in [0.717, 1.165) is 0 Å². The van der Waals surface area contributed by atoms with Crippen LogP contribution >= 0.6 is 0 Å². The highest BCUT2D eigenvalue weighted by molar-refractivity contribution is 6.11. The fourth-order valence-electron chi connectivity index (χ4n) is 3.71. The molecular formula is C25H22FN3O6. The molecule has 1 amide bonds. The molecule has 3 N–H and O–H groups in total. The summed E-state index contributed by atoms with van der Waals surface area (Å²) in [5, 5.41) is 15.9. The Morgan fingerprint density at radius 3 is 2.37 bits per heavy atom. The number of rotatable bonds is 7. The molecule has 4 rings (SSSR count). The van der Waals surface area contributed by atoms with E-state index in [9.17, 15) is 23.9 Å². The molecule has 3 aromatic rings. The molecule has 180 valence electrons. The van der Waals surface area contributed by atoms with E-state index in [1.54, 1.807) is 12.1 Å². The molecule has 2 unspecified atom stereocenters. The van der Waals surface area contributed by atoms with Crippen LogP contribution in [0.25, 0.3) is 0 Å². The molecule has 0 saturated carbocycles. The van der Waals surface area contributed by atoms with Crippen LogP contribution in [0.3, 0.4) is 0 Å². The number of nitrogens with zero attached hydrogens (tertiary/aromatic N) is 1. The number of methoxy groups -OCH3 is 1. The van der Waals surface area contributed by atoms with Gasteiger partial charge in [-0.05, 0) is 36.4 Å². The molecule has 1 fully saturated rings. The molecule has 1 aliphatic rings. The predicted octanol–water partition coefficient (Wildman–Crippen LogP) is 2.09. The molecule has 1 saturated heterocycles. The van der Waals surface area contributed by atoms with Crippen LogP contribution in [-0.2, 0) is 4.74 Å². The highest BCUT2D eigenvalue weighted by Gasteiger charge is 2.32. The molecule has 0 spiro atoms. The number of aromatic hydroxyl groups is 1. The van der Waals surface area contributed by atoms with E-state index in [2.05, 4.69) is 15.6 Å². The minimum atomic E-state index is -0.977. The van der Waals surface area contributed by atoms with Crippen LogP contribution < -0.4 is 15.4 Å². The van der Waals surface area contributed by atoms with Crippen molar-refractivity contribution >= 4 is 17.7 Å². The molecular weight excluding hydrogens is 457 g/mol. The minimum Gasteiger partial charge on any atom is -0.507 e. The van der Waals surface area contributed by atoms with Crippen LogP contribution in [0.2, 0.25) is 0 Å². The van der Waals surface area contributed by atoms with Gasteiger partial charge in [-0.15, -0.1) is 0 Å². The van der Waals surface area contributed by atoms with Crippen LogP contribution in [0.4, 0.5) is 4.39 Å². The first-order valence-corrected chi connectivity index (χ1v) is 10.7. The highest BCUT2D eigenvalue weighted by Crippen LogP contribution is 2.30. The van der Waals surface area contributed by atoms with Crippen molar-refractivity contribution in [3.63, 3.8) is 0 Å². The molecule has 0 bridgehead atoms. The summed E-state index contributed by atoms with van der Waals surface area (Å²) in [4.78, 5) is 41.7. The first-order chi connectivity index (χ1) is 16.9. The lowest BCUT2D eigenvalue weighted by Crippen LogP contribution is -2.44. The Morgan fingerprint density at radius 2 is 1.69 bits per heavy atom. The van der Waals surface area contributed by atoms with Crippen molar-refractivity contribution in [1.29, 1.82) is 0 Å². The van der Waals surface area contributed by atoms with Gasteiger partial charge in [0, 0.05) is 36.6 Å². The summed E-state index contributed by atoms with van der Waals surface area (Å²) < 4.78 is 25.0. The maximum absolute atomic E-state index is 14.5. The Kier molecular flexibility index (Phi) is 7.02. The van der Waals surface area contributed by atoms with Crippen LogP contribution in [0.15, 0.2) is 60.9 Å². The fraction of sp³-hybridized carbons (Fsp3) is 0.200. The van der Waals surface area contributed by atoms with E-state index in [1.807, 2.05) is 0 Å². The third-order valence-electron chi connectivity index (χ3n) is 5.59. The zero-order valence-corrected chi connectivity index (χ0v) is 18.7. The number of esters is 1. The molecule has 1 aliphatic heterocycles. The van der Waals surface area contributed by atoms with Crippen molar-refractivity contribution in [2.24, 2.45) is 0 Å². The Hall–Kier alpha value is -4.31. The average molecular weight is 479 g/mol. The molecule has 2 aromatic carbocycles. The summed E-state index contributed by atoms with van der Waals surface area (Å²) in [5.41, 5.74) is 0.150. The molecule has 9 nitrogen and oxygen atoms in total. The van der Waals surface area contributed by atoms with Gasteiger partial charge in [-0.3, -0.25) is 14.6 Å². The Balaban J connectivity index is 1.43. The number of nitrogens with one attached hydrogen (secondary N) is 2. The van der Waals surface area contributed by atoms with Gasteiger partial charge in [0.05, 0.1) is 18.7 Å². The van der Waals surface area contributed by atoms with Gasteiger partial charge >= 0.3 is 5.97 Å². The van der Waals surface area contributed by atoms with Gasteiger partial charge in [-0.2, -0.15) is 0 Å². The van der Waals surface area contributed by atoms with Crippen LogP contribution in [0.1, 0.15) is 36.6 Å². The third kappa shape index (κ3) is 5.12. The quantitative estimate of drug-likeness (QED) is 0.347. The first kappa shape index (κ1) is 23.8. The van der Waals surface area contributed by atoms with Crippen LogP contribution in [0.5, 0.6) is 11.5 Å². The number of halogens is 1. The standard InChI is InChI=1S/C25H22FN3O6/c1-34-19-7-6-18(30)21(22(19)26)23(31)14-2-4-16(5-3-14)25(33)35-20-13-28-12-17(20)29-24(32)15-8-10-27-11-9-15/h2-11,17,20,28,30H,12-13H2,1H3,(H,29,32). The van der Waals surface area contributed by atoms with E-state index in [0.29, 0.717) is 18.7 Å². The van der Waals surface area contributed by atoms with Crippen molar-refractivity contribution in [1.82, 2.24) is 15.6 Å². The number of phenols is 1. The highest BCUT2D eigenvalue weighted by atomic mass is 19.1. The number of phenolic OH excluding ortho intramolecular Hbond substituents is 1. The van der Waals surface area contributed by atoms with E-state index < -0.39 is 41.0 Å². The summed E-state index contributed by atoms with van der Waals surface area (Å²) in [6.07, 6.45) is 2.42. The number of pyridine rings is 1. The second-order valence-corrected chi connectivity index (χ2v) is 7.80. The zero-order valence-electron chi connectivity index (χ0n) is 18.7. The van der Waals surface area contributed by atoms with Gasteiger partial charge in [0.2, 0.25) is 0 Å². The van der Waals surface area contributed by atoms with Gasteiger partial charge in [-0.25, -0.2) is 9.18 Å². The summed E-state index contributed by atoms with van der Waals surface area (Å²) >= 11 is 0. The van der Waals surface area contributed by atoms with Crippen LogP contribution in [-0.4, -0.2) is 60.1 Å². The maximum Gasteiger partial charge on any atom is 0.338 e. The fourth-order valence-corrected chi connectivity index (χ4v) is 3.71. The lowest BCUT2D eigenvalue weighted by atomic mass is 10.0. The van der Waals surface area contributed by atoms with Gasteiger partial charge in [-0.1, -0.05) is 12.1 Å². The summed E-state index contributed by atoms with van der Waals surface area (Å²) in [7, 11) is 1.25. The van der Waals surface area contributed by atoms with E-state index in [4.69, 9.17) is 9.47 Å². The van der Waals surface area contributed by atoms with Crippen LogP contribution in [0, 0.1) is 5.82 Å². The second kappa shape index (κ2) is 10.3. The molecule has 35 heavy (non-hydrogen) atoms. The van der Waals surface area contributed by atoms with E-state index in [1.165, 1.54) is 55.9 Å². The van der Waals surface area contributed by atoms with Crippen molar-refractivity contribution in [2.45, 2.75) is 12.1 Å². The predicted molar refractivity (Wildman–Crippen MR) is 122 cm³/mol. The average Bonchev–Trinajstić information content (AvgIpc) is 3.30. The SMILES string of the molecule is COc1ccc(O)c(C(=O)c2ccc(C(=O)OC3CNCC3NC(=O)c3ccncc3)cc2)c1F. The minimum absolute atomic E-state index is 0.0639. The molecule has 10 heteroatoms. The summed E-state index contributed by atoms with van der Waals surface area (Å²) in [6.45, 7) is 0.788.